The molecule has 0 aliphatic rings. The summed E-state index contributed by atoms with van der Waals surface area (Å²) >= 11 is 0. The van der Waals surface area contributed by atoms with E-state index in [1.807, 2.05) is 20.8 Å². The van der Waals surface area contributed by atoms with Gasteiger partial charge in [0, 0.05) is 6.54 Å². The van der Waals surface area contributed by atoms with Crippen LogP contribution in [0.1, 0.15) is 27.2 Å². The van der Waals surface area contributed by atoms with Crippen molar-refractivity contribution >= 4 is 15.7 Å². The van der Waals surface area contributed by atoms with Gasteiger partial charge in [-0.25, -0.2) is 17.5 Å². The third kappa shape index (κ3) is 4.27. The third-order valence-corrected chi connectivity index (χ3v) is 3.91. The first-order valence-electron chi connectivity index (χ1n) is 5.66. The molecule has 0 unspecified atom stereocenters. The van der Waals surface area contributed by atoms with E-state index in [9.17, 15) is 12.8 Å². The summed E-state index contributed by atoms with van der Waals surface area (Å²) in [5, 5.41) is 0. The number of hydrogen-bond acceptors (Lipinski definition) is 3. The molecule has 0 aliphatic carbocycles. The molecule has 4 nitrogen and oxygen atoms in total. The normalized spacial score (nSPS) is 12.7. The number of benzene rings is 1. The average molecular weight is 274 g/mol. The van der Waals surface area contributed by atoms with Crippen molar-refractivity contribution in [3.05, 3.63) is 24.0 Å². The van der Waals surface area contributed by atoms with Gasteiger partial charge >= 0.3 is 0 Å². The molecule has 3 N–H and O–H groups in total. The predicted molar refractivity (Wildman–Crippen MR) is 70.1 cm³/mol. The molecule has 18 heavy (non-hydrogen) atoms. The summed E-state index contributed by atoms with van der Waals surface area (Å²) < 4.78 is 39.4. The summed E-state index contributed by atoms with van der Waals surface area (Å²) in [4.78, 5) is -0.108. The molecular formula is C12H19FN2O2S. The Kier molecular flexibility index (Phi) is 4.34. The highest BCUT2D eigenvalue weighted by molar-refractivity contribution is 7.89. The van der Waals surface area contributed by atoms with E-state index in [2.05, 4.69) is 4.72 Å². The van der Waals surface area contributed by atoms with Gasteiger partial charge in [-0.2, -0.15) is 0 Å². The molecule has 0 spiro atoms. The van der Waals surface area contributed by atoms with E-state index in [0.29, 0.717) is 13.0 Å². The zero-order valence-corrected chi connectivity index (χ0v) is 11.6. The Hall–Kier alpha value is -1.14. The van der Waals surface area contributed by atoms with Crippen molar-refractivity contribution in [3.8, 4) is 0 Å². The Labute approximate surface area is 107 Å². The molecule has 102 valence electrons. The maximum atomic E-state index is 13.2. The summed E-state index contributed by atoms with van der Waals surface area (Å²) in [5.41, 5.74) is 5.27. The van der Waals surface area contributed by atoms with E-state index in [0.717, 1.165) is 6.07 Å². The second kappa shape index (κ2) is 5.24. The Morgan fingerprint density at radius 3 is 2.44 bits per heavy atom. The lowest BCUT2D eigenvalue weighted by atomic mass is 9.93. The van der Waals surface area contributed by atoms with Gasteiger partial charge in [0.25, 0.3) is 0 Å². The third-order valence-electron chi connectivity index (χ3n) is 2.45. The number of nitrogens with one attached hydrogen (secondary N) is 1. The fourth-order valence-corrected chi connectivity index (χ4v) is 2.36. The van der Waals surface area contributed by atoms with Gasteiger partial charge in [-0.3, -0.25) is 0 Å². The van der Waals surface area contributed by atoms with E-state index in [4.69, 9.17) is 5.73 Å². The molecule has 1 rings (SSSR count). The number of anilines is 1. The number of rotatable bonds is 4. The topological polar surface area (TPSA) is 72.2 Å². The van der Waals surface area contributed by atoms with Crippen LogP contribution in [-0.4, -0.2) is 15.0 Å². The number of nitrogens with two attached hydrogens (primary N) is 1. The Bertz CT molecular complexity index is 521. The van der Waals surface area contributed by atoms with Crippen LogP contribution in [-0.2, 0) is 10.0 Å². The standard InChI is InChI=1S/C12H19FN2O2S/c1-12(2,3)6-7-15-18(16,17)9-4-5-11(14)10(13)8-9/h4-5,8,15H,6-7,14H2,1-3H3. The largest absolute Gasteiger partial charge is 0.396 e. The molecule has 0 atom stereocenters. The van der Waals surface area contributed by atoms with Gasteiger partial charge in [-0.15, -0.1) is 0 Å². The van der Waals surface area contributed by atoms with E-state index in [1.165, 1.54) is 12.1 Å². The van der Waals surface area contributed by atoms with Crippen molar-refractivity contribution in [2.24, 2.45) is 5.41 Å². The van der Waals surface area contributed by atoms with Gasteiger partial charge in [-0.1, -0.05) is 20.8 Å². The summed E-state index contributed by atoms with van der Waals surface area (Å²) in [6.07, 6.45) is 0.698. The van der Waals surface area contributed by atoms with Gasteiger partial charge in [0.05, 0.1) is 10.6 Å². The number of sulfonamides is 1. The molecule has 6 heteroatoms. The second-order valence-corrected chi connectivity index (χ2v) is 7.16. The van der Waals surface area contributed by atoms with Crippen molar-refractivity contribution in [2.45, 2.75) is 32.1 Å². The molecule has 0 amide bonds. The molecule has 0 heterocycles. The summed E-state index contributed by atoms with van der Waals surface area (Å²) in [6, 6.07) is 3.46. The molecule has 1 aromatic rings. The minimum absolute atomic E-state index is 0.0366. The van der Waals surface area contributed by atoms with Gasteiger partial charge in [-0.05, 0) is 30.0 Å². The molecule has 1 aromatic carbocycles. The van der Waals surface area contributed by atoms with Crippen molar-refractivity contribution in [1.29, 1.82) is 0 Å². The lowest BCUT2D eigenvalue weighted by molar-refractivity contribution is 0.378. The van der Waals surface area contributed by atoms with E-state index >= 15 is 0 Å². The van der Waals surface area contributed by atoms with Crippen LogP contribution in [0.3, 0.4) is 0 Å². The zero-order chi connectivity index (χ0) is 14.0. The summed E-state index contributed by atoms with van der Waals surface area (Å²) in [5.74, 6) is -0.728. The highest BCUT2D eigenvalue weighted by Crippen LogP contribution is 2.19. The molecule has 0 radical (unpaired) electrons. The Balaban J connectivity index is 2.77. The van der Waals surface area contributed by atoms with Crippen LogP contribution in [0.5, 0.6) is 0 Å². The van der Waals surface area contributed by atoms with Crippen LogP contribution < -0.4 is 10.5 Å². The van der Waals surface area contributed by atoms with Crippen molar-refractivity contribution in [3.63, 3.8) is 0 Å². The lowest BCUT2D eigenvalue weighted by Gasteiger charge is -2.18. The van der Waals surface area contributed by atoms with Crippen molar-refractivity contribution in [1.82, 2.24) is 4.72 Å². The van der Waals surface area contributed by atoms with E-state index in [1.54, 1.807) is 0 Å². The maximum Gasteiger partial charge on any atom is 0.240 e. The summed E-state index contributed by atoms with van der Waals surface area (Å²) in [6.45, 7) is 6.37. The van der Waals surface area contributed by atoms with Crippen LogP contribution in [0.25, 0.3) is 0 Å². The first kappa shape index (κ1) is 14.9. The van der Waals surface area contributed by atoms with Gasteiger partial charge < -0.3 is 5.73 Å². The number of nitrogen functional groups attached to an aromatic ring is 1. The number of halogens is 1. The molecule has 0 saturated heterocycles. The minimum atomic E-state index is -3.67. The zero-order valence-electron chi connectivity index (χ0n) is 10.8. The van der Waals surface area contributed by atoms with Gasteiger partial charge in [0.1, 0.15) is 5.82 Å². The Morgan fingerprint density at radius 2 is 1.94 bits per heavy atom. The van der Waals surface area contributed by atoms with Crippen LogP contribution in [0.2, 0.25) is 0 Å². The molecule has 0 aromatic heterocycles. The molecule has 0 aliphatic heterocycles. The number of hydrogen-bond donors (Lipinski definition) is 2. The molecule has 0 fully saturated rings. The van der Waals surface area contributed by atoms with Crippen LogP contribution >= 0.6 is 0 Å². The smallest absolute Gasteiger partial charge is 0.240 e. The average Bonchev–Trinajstić information content (AvgIpc) is 2.19. The Morgan fingerprint density at radius 1 is 1.33 bits per heavy atom. The highest BCUT2D eigenvalue weighted by Gasteiger charge is 2.17. The maximum absolute atomic E-state index is 13.2. The van der Waals surface area contributed by atoms with Gasteiger partial charge in [0.15, 0.2) is 0 Å². The van der Waals surface area contributed by atoms with Crippen LogP contribution in [0, 0.1) is 11.2 Å². The first-order valence-corrected chi connectivity index (χ1v) is 7.15. The van der Waals surface area contributed by atoms with E-state index < -0.39 is 15.8 Å². The van der Waals surface area contributed by atoms with Crippen molar-refractivity contribution in [2.75, 3.05) is 12.3 Å². The quantitative estimate of drug-likeness (QED) is 0.826. The monoisotopic (exact) mass is 274 g/mol. The molecule has 0 saturated carbocycles. The molecule has 0 bridgehead atoms. The molecular weight excluding hydrogens is 255 g/mol. The van der Waals surface area contributed by atoms with Gasteiger partial charge in [0.2, 0.25) is 10.0 Å². The fourth-order valence-electron chi connectivity index (χ4n) is 1.32. The predicted octanol–water partition coefficient (Wildman–Crippen LogP) is 2.12. The van der Waals surface area contributed by atoms with Crippen LogP contribution in [0.4, 0.5) is 10.1 Å². The lowest BCUT2D eigenvalue weighted by Crippen LogP contribution is -2.27. The highest BCUT2D eigenvalue weighted by atomic mass is 32.2. The van der Waals surface area contributed by atoms with E-state index in [-0.39, 0.29) is 16.0 Å². The fraction of sp³-hybridized carbons (Fsp3) is 0.500. The SMILES string of the molecule is CC(C)(C)CCNS(=O)(=O)c1ccc(N)c(F)c1. The van der Waals surface area contributed by atoms with Crippen LogP contribution in [0.15, 0.2) is 23.1 Å². The minimum Gasteiger partial charge on any atom is -0.396 e. The summed E-state index contributed by atoms with van der Waals surface area (Å²) in [7, 11) is -3.67. The van der Waals surface area contributed by atoms with Crippen molar-refractivity contribution < 1.29 is 12.8 Å². The second-order valence-electron chi connectivity index (χ2n) is 5.39. The first-order chi connectivity index (χ1) is 8.12.